The summed E-state index contributed by atoms with van der Waals surface area (Å²) < 4.78 is 5.18. The lowest BCUT2D eigenvalue weighted by atomic mass is 10.2. The predicted octanol–water partition coefficient (Wildman–Crippen LogP) is 1.44. The second-order valence-electron chi connectivity index (χ2n) is 6.73. The third-order valence-electron chi connectivity index (χ3n) is 4.64. The Morgan fingerprint density at radius 3 is 2.31 bits per heavy atom. The van der Waals surface area contributed by atoms with E-state index in [1.165, 1.54) is 5.56 Å². The van der Waals surface area contributed by atoms with Crippen LogP contribution in [0.2, 0.25) is 0 Å². The molecular weight excluding hydrogens is 332 g/mol. The normalized spacial score (nSPS) is 16.7. The lowest BCUT2D eigenvalue weighted by Gasteiger charge is -2.34. The van der Waals surface area contributed by atoms with E-state index >= 15 is 0 Å². The maximum atomic E-state index is 12.0. The van der Waals surface area contributed by atoms with E-state index in [4.69, 9.17) is 4.74 Å². The van der Waals surface area contributed by atoms with Crippen LogP contribution >= 0.6 is 0 Å². The molecule has 0 bridgehead atoms. The molecule has 26 heavy (non-hydrogen) atoms. The van der Waals surface area contributed by atoms with Gasteiger partial charge in [-0.2, -0.15) is 0 Å². The average Bonchev–Trinajstić information content (AvgIpc) is 2.63. The number of rotatable bonds is 7. The predicted molar refractivity (Wildman–Crippen MR) is 101 cm³/mol. The molecule has 0 saturated carbocycles. The first kappa shape index (κ1) is 20.2. The maximum Gasteiger partial charge on any atom is 0.321 e. The van der Waals surface area contributed by atoms with Crippen molar-refractivity contribution >= 4 is 11.9 Å². The molecule has 1 aliphatic rings. The fourth-order valence-electron chi connectivity index (χ4n) is 2.83. The van der Waals surface area contributed by atoms with Gasteiger partial charge in [-0.15, -0.1) is 0 Å². The van der Waals surface area contributed by atoms with Crippen LogP contribution < -0.4 is 15.4 Å². The summed E-state index contributed by atoms with van der Waals surface area (Å²) in [5, 5.41) is 5.13. The van der Waals surface area contributed by atoms with E-state index in [2.05, 4.69) is 32.6 Å². The van der Waals surface area contributed by atoms with Gasteiger partial charge in [-0.3, -0.25) is 19.9 Å². The van der Waals surface area contributed by atoms with Crippen LogP contribution in [0.25, 0.3) is 0 Å². The van der Waals surface area contributed by atoms with Crippen molar-refractivity contribution < 1.29 is 14.3 Å². The summed E-state index contributed by atoms with van der Waals surface area (Å²) in [5.41, 5.74) is 1.25. The Hall–Kier alpha value is -2.12. The van der Waals surface area contributed by atoms with Crippen molar-refractivity contribution in [2.24, 2.45) is 0 Å². The van der Waals surface area contributed by atoms with Gasteiger partial charge in [-0.25, -0.2) is 4.79 Å². The average molecular weight is 362 g/mol. The Balaban J connectivity index is 1.69. The third-order valence-corrected chi connectivity index (χ3v) is 4.64. The Morgan fingerprint density at radius 1 is 1.12 bits per heavy atom. The van der Waals surface area contributed by atoms with Crippen LogP contribution in [-0.2, 0) is 11.3 Å². The molecule has 2 N–H and O–H groups in total. The summed E-state index contributed by atoms with van der Waals surface area (Å²) in [5.74, 6) is 0.608. The van der Waals surface area contributed by atoms with E-state index in [0.717, 1.165) is 44.9 Å². The Morgan fingerprint density at radius 2 is 1.73 bits per heavy atom. The van der Waals surface area contributed by atoms with Gasteiger partial charge in [0.2, 0.25) is 5.91 Å². The zero-order chi connectivity index (χ0) is 18.9. The van der Waals surface area contributed by atoms with Gasteiger partial charge < -0.3 is 10.1 Å². The number of methoxy groups -OCH3 is 1. The van der Waals surface area contributed by atoms with Gasteiger partial charge in [0.25, 0.3) is 0 Å². The summed E-state index contributed by atoms with van der Waals surface area (Å²) in [7, 11) is 1.67. The second kappa shape index (κ2) is 10.1. The van der Waals surface area contributed by atoms with Crippen LogP contribution in [0.3, 0.4) is 0 Å². The molecule has 1 saturated heterocycles. The molecule has 1 aromatic rings. The number of carbonyl (C=O) groups is 2. The minimum Gasteiger partial charge on any atom is -0.497 e. The number of imide groups is 1. The smallest absolute Gasteiger partial charge is 0.321 e. The number of hydrogen-bond donors (Lipinski definition) is 2. The van der Waals surface area contributed by atoms with Gasteiger partial charge in [0.15, 0.2) is 0 Å². The van der Waals surface area contributed by atoms with Gasteiger partial charge >= 0.3 is 6.03 Å². The van der Waals surface area contributed by atoms with Crippen molar-refractivity contribution in [1.82, 2.24) is 20.4 Å². The van der Waals surface area contributed by atoms with Crippen molar-refractivity contribution in [2.45, 2.75) is 32.9 Å². The van der Waals surface area contributed by atoms with Crippen molar-refractivity contribution in [3.63, 3.8) is 0 Å². The zero-order valence-corrected chi connectivity index (χ0v) is 16.0. The van der Waals surface area contributed by atoms with Crippen molar-refractivity contribution in [3.05, 3.63) is 29.8 Å². The van der Waals surface area contributed by atoms with Crippen molar-refractivity contribution in [3.8, 4) is 5.75 Å². The number of amides is 3. The summed E-state index contributed by atoms with van der Waals surface area (Å²) >= 11 is 0. The zero-order valence-electron chi connectivity index (χ0n) is 16.0. The van der Waals surface area contributed by atoms with Crippen LogP contribution in [0.4, 0.5) is 4.79 Å². The number of hydrogen-bond acceptors (Lipinski definition) is 5. The van der Waals surface area contributed by atoms with E-state index < -0.39 is 6.03 Å². The second-order valence-corrected chi connectivity index (χ2v) is 6.73. The maximum absolute atomic E-state index is 12.0. The van der Waals surface area contributed by atoms with E-state index in [1.807, 2.05) is 26.0 Å². The number of carbonyl (C=O) groups excluding carboxylic acids is 2. The molecular formula is C19H30N4O3. The molecule has 7 nitrogen and oxygen atoms in total. The molecule has 3 amide bonds. The van der Waals surface area contributed by atoms with Gasteiger partial charge in [0.05, 0.1) is 13.7 Å². The highest BCUT2D eigenvalue weighted by atomic mass is 16.5. The molecule has 0 aliphatic carbocycles. The largest absolute Gasteiger partial charge is 0.497 e. The lowest BCUT2D eigenvalue weighted by Crippen LogP contribution is -2.51. The fraction of sp³-hybridized carbons (Fsp3) is 0.579. The number of benzene rings is 1. The standard InChI is InChI=1S/C19H30N4O3/c1-4-15(2)20-19(25)21-18(24)14-23-11-9-22(10-12-23)13-16-5-7-17(26-3)8-6-16/h5-8,15H,4,9-14H2,1-3H3,(H2,20,21,24,25)/t15-/m1/s1. The number of ether oxygens (including phenoxy) is 1. The molecule has 0 radical (unpaired) electrons. The van der Waals surface area contributed by atoms with Crippen LogP contribution in [0.5, 0.6) is 5.75 Å². The fourth-order valence-corrected chi connectivity index (χ4v) is 2.83. The minimum atomic E-state index is -0.414. The first-order valence-corrected chi connectivity index (χ1v) is 9.18. The molecule has 144 valence electrons. The highest BCUT2D eigenvalue weighted by Crippen LogP contribution is 2.14. The van der Waals surface area contributed by atoms with Crippen molar-refractivity contribution in [2.75, 3.05) is 39.8 Å². The van der Waals surface area contributed by atoms with Gasteiger partial charge in [-0.05, 0) is 31.0 Å². The highest BCUT2D eigenvalue weighted by molar-refractivity contribution is 5.95. The van der Waals surface area contributed by atoms with Crippen molar-refractivity contribution in [1.29, 1.82) is 0 Å². The van der Waals surface area contributed by atoms with E-state index in [0.29, 0.717) is 0 Å². The minimum absolute atomic E-state index is 0.0595. The molecule has 1 atom stereocenters. The first-order valence-electron chi connectivity index (χ1n) is 9.18. The molecule has 7 heteroatoms. The van der Waals surface area contributed by atoms with Gasteiger partial charge in [-0.1, -0.05) is 19.1 Å². The number of nitrogens with one attached hydrogen (secondary N) is 2. The first-order chi connectivity index (χ1) is 12.5. The Labute approximate surface area is 155 Å². The number of urea groups is 1. The molecule has 1 aromatic carbocycles. The van der Waals surface area contributed by atoms with E-state index in [9.17, 15) is 9.59 Å². The number of nitrogens with zero attached hydrogens (tertiary/aromatic N) is 2. The third kappa shape index (κ3) is 6.65. The molecule has 0 spiro atoms. The molecule has 1 heterocycles. The lowest BCUT2D eigenvalue weighted by molar-refractivity contribution is -0.121. The summed E-state index contributed by atoms with van der Waals surface area (Å²) in [4.78, 5) is 28.1. The Kier molecular flexibility index (Phi) is 7.87. The summed E-state index contributed by atoms with van der Waals surface area (Å²) in [6.07, 6.45) is 0.831. The molecule has 1 fully saturated rings. The van der Waals surface area contributed by atoms with Gasteiger partial charge in [0, 0.05) is 38.8 Å². The quantitative estimate of drug-likeness (QED) is 0.768. The van der Waals surface area contributed by atoms with Crippen LogP contribution in [0, 0.1) is 0 Å². The monoisotopic (exact) mass is 362 g/mol. The van der Waals surface area contributed by atoms with Crippen LogP contribution in [-0.4, -0.2) is 67.6 Å². The summed E-state index contributed by atoms with van der Waals surface area (Å²) in [6.45, 7) is 8.47. The summed E-state index contributed by atoms with van der Waals surface area (Å²) in [6, 6.07) is 7.75. The number of piperazine rings is 1. The highest BCUT2D eigenvalue weighted by Gasteiger charge is 2.20. The van der Waals surface area contributed by atoms with Crippen LogP contribution in [0.15, 0.2) is 24.3 Å². The van der Waals surface area contributed by atoms with E-state index in [-0.39, 0.29) is 18.5 Å². The topological polar surface area (TPSA) is 73.9 Å². The molecule has 0 unspecified atom stereocenters. The van der Waals surface area contributed by atoms with Gasteiger partial charge in [0.1, 0.15) is 5.75 Å². The SMILES string of the molecule is CC[C@@H](C)NC(=O)NC(=O)CN1CCN(Cc2ccc(OC)cc2)CC1. The molecule has 2 rings (SSSR count). The Bertz CT molecular complexity index is 583. The van der Waals surface area contributed by atoms with Crippen LogP contribution in [0.1, 0.15) is 25.8 Å². The molecule has 1 aliphatic heterocycles. The van der Waals surface area contributed by atoms with E-state index in [1.54, 1.807) is 7.11 Å². The molecule has 0 aromatic heterocycles.